The van der Waals surface area contributed by atoms with Crippen LogP contribution < -0.4 is 0 Å². The molecule has 0 unspecified atom stereocenters. The Bertz CT molecular complexity index is 349. The van der Waals surface area contributed by atoms with Crippen molar-refractivity contribution < 1.29 is 9.84 Å². The van der Waals surface area contributed by atoms with E-state index in [1.165, 1.54) is 37.7 Å². The van der Waals surface area contributed by atoms with Crippen LogP contribution in [0.15, 0.2) is 11.6 Å². The largest absolute Gasteiger partial charge is 0.396 e. The Balaban J connectivity index is 2.08. The summed E-state index contributed by atoms with van der Waals surface area (Å²) in [5, 5.41) is 9.94. The molecule has 2 heteroatoms. The van der Waals surface area contributed by atoms with Crippen LogP contribution >= 0.6 is 0 Å². The molecule has 20 heavy (non-hydrogen) atoms. The molecule has 0 amide bonds. The molecule has 0 aromatic rings. The number of fused-ring (bicyclic) bond motifs is 2. The van der Waals surface area contributed by atoms with Gasteiger partial charge in [0.2, 0.25) is 0 Å². The Morgan fingerprint density at radius 2 is 2.05 bits per heavy atom. The summed E-state index contributed by atoms with van der Waals surface area (Å²) in [4.78, 5) is 0. The Morgan fingerprint density at radius 1 is 1.30 bits per heavy atom. The molecule has 1 saturated heterocycles. The van der Waals surface area contributed by atoms with Gasteiger partial charge in [0, 0.05) is 11.3 Å². The average molecular weight is 280 g/mol. The zero-order chi connectivity index (χ0) is 14.8. The molecule has 1 N–H and O–H groups in total. The molecule has 5 atom stereocenters. The zero-order valence-corrected chi connectivity index (χ0v) is 13.7. The van der Waals surface area contributed by atoms with Crippen molar-refractivity contribution >= 4 is 0 Å². The maximum atomic E-state index is 9.94. The summed E-state index contributed by atoms with van der Waals surface area (Å²) in [6.07, 6.45) is 9.15. The summed E-state index contributed by atoms with van der Waals surface area (Å²) in [6, 6.07) is 0. The molecule has 0 saturated carbocycles. The summed E-state index contributed by atoms with van der Waals surface area (Å²) in [6.45, 7) is 10.0. The Labute approximate surface area is 124 Å². The van der Waals surface area contributed by atoms with Crippen LogP contribution in [0.5, 0.6) is 0 Å². The first kappa shape index (κ1) is 16.0. The first-order valence-electron chi connectivity index (χ1n) is 8.47. The molecule has 2 nitrogen and oxygen atoms in total. The average Bonchev–Trinajstić information content (AvgIpc) is 2.42. The van der Waals surface area contributed by atoms with Crippen LogP contribution in [-0.4, -0.2) is 24.4 Å². The Morgan fingerprint density at radius 3 is 2.70 bits per heavy atom. The van der Waals surface area contributed by atoms with E-state index in [4.69, 9.17) is 4.74 Å². The summed E-state index contributed by atoms with van der Waals surface area (Å²) in [5.41, 5.74) is 1.43. The predicted molar refractivity (Wildman–Crippen MR) is 83.6 cm³/mol. The standard InChI is InChI=1S/C18H32O2/c1-5-6-7-8-9-16-17-13(2)10-14(3)18(11-19,12-20-16)15(17)4/h10,14-17,19H,5-9,11-12H2,1-4H3/t14-,15-,16+,17+,18+/m1/s1. The van der Waals surface area contributed by atoms with Crippen molar-refractivity contribution in [3.8, 4) is 0 Å². The first-order valence-corrected chi connectivity index (χ1v) is 8.47. The van der Waals surface area contributed by atoms with Crippen molar-refractivity contribution in [2.75, 3.05) is 13.2 Å². The number of hydrogen-bond acceptors (Lipinski definition) is 2. The second-order valence-electron chi connectivity index (χ2n) is 7.10. The topological polar surface area (TPSA) is 29.5 Å². The maximum absolute atomic E-state index is 9.94. The third-order valence-corrected chi connectivity index (χ3v) is 5.99. The van der Waals surface area contributed by atoms with E-state index in [2.05, 4.69) is 33.8 Å². The van der Waals surface area contributed by atoms with Gasteiger partial charge < -0.3 is 9.84 Å². The molecular weight excluding hydrogens is 248 g/mol. The minimum atomic E-state index is -0.0515. The third-order valence-electron chi connectivity index (χ3n) is 5.99. The fraction of sp³-hybridized carbons (Fsp3) is 0.889. The van der Waals surface area contributed by atoms with E-state index in [9.17, 15) is 5.11 Å². The van der Waals surface area contributed by atoms with E-state index < -0.39 is 0 Å². The summed E-state index contributed by atoms with van der Waals surface area (Å²) in [5.74, 6) is 1.45. The molecule has 2 bridgehead atoms. The van der Waals surface area contributed by atoms with Crippen LogP contribution in [-0.2, 0) is 4.74 Å². The number of rotatable bonds is 6. The van der Waals surface area contributed by atoms with E-state index in [-0.39, 0.29) is 12.0 Å². The SMILES string of the molecule is CCCCCC[C@@H]1OC[C@@]2(CO)[C@H](C)C=C(C)[C@H]1[C@H]2C. The Hall–Kier alpha value is -0.340. The molecule has 1 aliphatic heterocycles. The lowest BCUT2D eigenvalue weighted by atomic mass is 9.56. The predicted octanol–water partition coefficient (Wildman–Crippen LogP) is 4.18. The van der Waals surface area contributed by atoms with Gasteiger partial charge in [-0.05, 0) is 25.2 Å². The van der Waals surface area contributed by atoms with Crippen molar-refractivity contribution in [1.29, 1.82) is 0 Å². The molecule has 1 aliphatic carbocycles. The molecule has 1 fully saturated rings. The molecule has 0 aromatic heterocycles. The third kappa shape index (κ3) is 2.69. The number of ether oxygens (including phenoxy) is 1. The van der Waals surface area contributed by atoms with E-state index in [0.29, 0.717) is 23.9 Å². The van der Waals surface area contributed by atoms with Crippen molar-refractivity contribution in [3.63, 3.8) is 0 Å². The van der Waals surface area contributed by atoms with Gasteiger partial charge in [0.05, 0.1) is 19.3 Å². The normalized spacial score (nSPS) is 40.5. The van der Waals surface area contributed by atoms with E-state index in [1.54, 1.807) is 0 Å². The number of unbranched alkanes of at least 4 members (excludes halogenated alkanes) is 3. The van der Waals surface area contributed by atoms with Gasteiger partial charge in [0.15, 0.2) is 0 Å². The monoisotopic (exact) mass is 280 g/mol. The summed E-state index contributed by atoms with van der Waals surface area (Å²) in [7, 11) is 0. The van der Waals surface area contributed by atoms with E-state index >= 15 is 0 Å². The summed E-state index contributed by atoms with van der Waals surface area (Å²) < 4.78 is 6.23. The van der Waals surface area contributed by atoms with Gasteiger partial charge in [-0.3, -0.25) is 0 Å². The quantitative estimate of drug-likeness (QED) is 0.584. The van der Waals surface area contributed by atoms with Crippen molar-refractivity contribution in [1.82, 2.24) is 0 Å². The highest BCUT2D eigenvalue weighted by Crippen LogP contribution is 2.52. The lowest BCUT2D eigenvalue weighted by Crippen LogP contribution is -2.56. The van der Waals surface area contributed by atoms with Gasteiger partial charge in [-0.25, -0.2) is 0 Å². The van der Waals surface area contributed by atoms with E-state index in [1.807, 2.05) is 0 Å². The smallest absolute Gasteiger partial charge is 0.0643 e. The van der Waals surface area contributed by atoms with Crippen LogP contribution in [0.25, 0.3) is 0 Å². The molecular formula is C18H32O2. The Kier molecular flexibility index (Phi) is 5.30. The van der Waals surface area contributed by atoms with Crippen molar-refractivity contribution in [3.05, 3.63) is 11.6 Å². The van der Waals surface area contributed by atoms with Crippen molar-refractivity contribution in [2.45, 2.75) is 65.9 Å². The maximum Gasteiger partial charge on any atom is 0.0643 e. The van der Waals surface area contributed by atoms with E-state index in [0.717, 1.165) is 6.61 Å². The van der Waals surface area contributed by atoms with Gasteiger partial charge in [-0.1, -0.05) is 58.1 Å². The molecule has 2 rings (SSSR count). The van der Waals surface area contributed by atoms with Gasteiger partial charge in [-0.15, -0.1) is 0 Å². The van der Waals surface area contributed by atoms with Crippen LogP contribution in [0.2, 0.25) is 0 Å². The lowest BCUT2D eigenvalue weighted by Gasteiger charge is -2.55. The molecule has 0 aromatic carbocycles. The molecule has 0 spiro atoms. The second kappa shape index (κ2) is 6.62. The van der Waals surface area contributed by atoms with Gasteiger partial charge in [0.1, 0.15) is 0 Å². The number of allylic oxidation sites excluding steroid dienone is 1. The highest BCUT2D eigenvalue weighted by Gasteiger charge is 2.52. The van der Waals surface area contributed by atoms with Crippen LogP contribution in [0.3, 0.4) is 0 Å². The minimum Gasteiger partial charge on any atom is -0.396 e. The first-order chi connectivity index (χ1) is 9.56. The molecule has 2 aliphatic rings. The number of aliphatic hydroxyl groups excluding tert-OH is 1. The summed E-state index contributed by atoms with van der Waals surface area (Å²) >= 11 is 0. The fourth-order valence-electron chi connectivity index (χ4n) is 4.45. The van der Waals surface area contributed by atoms with Crippen molar-refractivity contribution in [2.24, 2.45) is 23.2 Å². The van der Waals surface area contributed by atoms with Crippen LogP contribution in [0, 0.1) is 23.2 Å². The molecule has 0 radical (unpaired) electrons. The second-order valence-corrected chi connectivity index (χ2v) is 7.10. The van der Waals surface area contributed by atoms with Gasteiger partial charge in [-0.2, -0.15) is 0 Å². The van der Waals surface area contributed by atoms with Crippen LogP contribution in [0.4, 0.5) is 0 Å². The zero-order valence-electron chi connectivity index (χ0n) is 13.7. The van der Waals surface area contributed by atoms with Gasteiger partial charge >= 0.3 is 0 Å². The van der Waals surface area contributed by atoms with Gasteiger partial charge in [0.25, 0.3) is 0 Å². The number of hydrogen-bond donors (Lipinski definition) is 1. The number of aliphatic hydroxyl groups is 1. The molecule has 116 valence electrons. The lowest BCUT2D eigenvalue weighted by molar-refractivity contribution is -0.164. The fourth-order valence-corrected chi connectivity index (χ4v) is 4.45. The van der Waals surface area contributed by atoms with Crippen LogP contribution in [0.1, 0.15) is 59.8 Å². The highest BCUT2D eigenvalue weighted by molar-refractivity contribution is 5.20. The highest BCUT2D eigenvalue weighted by atomic mass is 16.5. The minimum absolute atomic E-state index is 0.0515. The molecule has 1 heterocycles.